The lowest BCUT2D eigenvalue weighted by Gasteiger charge is -2.26. The Morgan fingerprint density at radius 3 is 3.00 bits per heavy atom. The van der Waals surface area contributed by atoms with Crippen molar-refractivity contribution in [2.75, 3.05) is 5.75 Å². The summed E-state index contributed by atoms with van der Waals surface area (Å²) in [7, 11) is 0. The van der Waals surface area contributed by atoms with Gasteiger partial charge in [-0.05, 0) is 46.7 Å². The quantitative estimate of drug-likeness (QED) is 0.795. The number of nitrogens with one attached hydrogen (secondary N) is 1. The molecule has 0 aliphatic carbocycles. The Morgan fingerprint density at radius 2 is 2.12 bits per heavy atom. The van der Waals surface area contributed by atoms with Crippen molar-refractivity contribution >= 4 is 17.7 Å². The van der Waals surface area contributed by atoms with Gasteiger partial charge in [0.1, 0.15) is 6.33 Å². The highest BCUT2D eigenvalue weighted by Crippen LogP contribution is 2.35. The number of hydrogen-bond donors (Lipinski definition) is 1. The first-order chi connectivity index (χ1) is 11.8. The van der Waals surface area contributed by atoms with Gasteiger partial charge in [-0.1, -0.05) is 24.3 Å². The minimum absolute atomic E-state index is 0.0478. The highest BCUT2D eigenvalue weighted by Gasteiger charge is 2.22. The summed E-state index contributed by atoms with van der Waals surface area (Å²) < 4.78 is 1.53. The molecule has 3 aromatic rings. The fourth-order valence-electron chi connectivity index (χ4n) is 2.80. The summed E-state index contributed by atoms with van der Waals surface area (Å²) in [5.41, 5.74) is 2.55. The zero-order valence-electron chi connectivity index (χ0n) is 12.8. The Balaban J connectivity index is 1.56. The number of carbonyl (C=O) groups is 1. The lowest BCUT2D eigenvalue weighted by atomic mass is 10.0. The van der Waals surface area contributed by atoms with Gasteiger partial charge in [0.15, 0.2) is 0 Å². The number of hydrogen-bond acceptors (Lipinski definition) is 5. The van der Waals surface area contributed by atoms with Gasteiger partial charge in [-0.2, -0.15) is 0 Å². The van der Waals surface area contributed by atoms with Crippen LogP contribution < -0.4 is 5.32 Å². The summed E-state index contributed by atoms with van der Waals surface area (Å²) in [6.07, 6.45) is 2.44. The molecule has 120 valence electrons. The molecule has 0 bridgehead atoms. The van der Waals surface area contributed by atoms with Crippen molar-refractivity contribution in [2.45, 2.75) is 17.4 Å². The summed E-state index contributed by atoms with van der Waals surface area (Å²) in [5.74, 6) is 0.920. The van der Waals surface area contributed by atoms with E-state index in [1.807, 2.05) is 36.0 Å². The minimum Gasteiger partial charge on any atom is -0.345 e. The second-order valence-corrected chi connectivity index (χ2v) is 6.64. The molecule has 6 nitrogen and oxygen atoms in total. The molecule has 0 saturated carbocycles. The monoisotopic (exact) mass is 337 g/mol. The van der Waals surface area contributed by atoms with E-state index in [0.717, 1.165) is 17.9 Å². The fourth-order valence-corrected chi connectivity index (χ4v) is 3.93. The summed E-state index contributed by atoms with van der Waals surface area (Å²) in [6.45, 7) is 0. The zero-order valence-corrected chi connectivity index (χ0v) is 13.6. The summed E-state index contributed by atoms with van der Waals surface area (Å²) in [6, 6.07) is 15.6. The van der Waals surface area contributed by atoms with Crippen LogP contribution in [0, 0.1) is 0 Å². The van der Waals surface area contributed by atoms with Crippen molar-refractivity contribution in [3.05, 3.63) is 66.0 Å². The van der Waals surface area contributed by atoms with E-state index in [1.54, 1.807) is 12.1 Å². The van der Waals surface area contributed by atoms with Crippen LogP contribution in [-0.4, -0.2) is 31.9 Å². The van der Waals surface area contributed by atoms with Crippen LogP contribution in [0.4, 0.5) is 0 Å². The molecule has 7 heteroatoms. The van der Waals surface area contributed by atoms with Crippen molar-refractivity contribution in [3.8, 4) is 5.69 Å². The van der Waals surface area contributed by atoms with Crippen molar-refractivity contribution in [3.63, 3.8) is 0 Å². The van der Waals surface area contributed by atoms with Gasteiger partial charge in [0.25, 0.3) is 5.91 Å². The van der Waals surface area contributed by atoms with Gasteiger partial charge in [0, 0.05) is 16.2 Å². The van der Waals surface area contributed by atoms with Gasteiger partial charge < -0.3 is 5.32 Å². The molecule has 0 fully saturated rings. The molecular weight excluding hydrogens is 322 g/mol. The lowest BCUT2D eigenvalue weighted by Crippen LogP contribution is -2.30. The number of thioether (sulfide) groups is 1. The van der Waals surface area contributed by atoms with Crippen LogP contribution in [0.25, 0.3) is 5.69 Å². The van der Waals surface area contributed by atoms with Crippen LogP contribution in [-0.2, 0) is 0 Å². The number of benzene rings is 2. The SMILES string of the molecule is O=C(NC1CCSc2ccccc21)c1cccc(-n2cnnn2)c1. The molecule has 1 N–H and O–H groups in total. The number of aromatic nitrogens is 4. The molecule has 2 aromatic carbocycles. The molecule has 0 saturated heterocycles. The second-order valence-electron chi connectivity index (χ2n) is 5.51. The molecule has 1 aliphatic rings. The van der Waals surface area contributed by atoms with Crippen molar-refractivity contribution in [1.82, 2.24) is 25.5 Å². The van der Waals surface area contributed by atoms with E-state index < -0.39 is 0 Å². The molecule has 1 unspecified atom stereocenters. The smallest absolute Gasteiger partial charge is 0.251 e. The number of carbonyl (C=O) groups excluding carboxylic acids is 1. The van der Waals surface area contributed by atoms with Gasteiger partial charge in [-0.15, -0.1) is 16.9 Å². The number of rotatable bonds is 3. The summed E-state index contributed by atoms with van der Waals surface area (Å²) >= 11 is 1.84. The minimum atomic E-state index is -0.0865. The Bertz CT molecular complexity index is 865. The molecule has 1 aromatic heterocycles. The van der Waals surface area contributed by atoms with Crippen molar-refractivity contribution < 1.29 is 4.79 Å². The molecule has 0 spiro atoms. The van der Waals surface area contributed by atoms with E-state index >= 15 is 0 Å². The molecule has 1 amide bonds. The lowest BCUT2D eigenvalue weighted by molar-refractivity contribution is 0.0935. The van der Waals surface area contributed by atoms with Crippen LogP contribution in [0.3, 0.4) is 0 Å². The largest absolute Gasteiger partial charge is 0.345 e. The zero-order chi connectivity index (χ0) is 16.4. The predicted octanol–water partition coefficient (Wildman–Crippen LogP) is 2.63. The molecule has 4 rings (SSSR count). The maximum absolute atomic E-state index is 12.7. The third-order valence-corrected chi connectivity index (χ3v) is 5.11. The molecular formula is C17H15N5OS. The molecule has 24 heavy (non-hydrogen) atoms. The van der Waals surface area contributed by atoms with Crippen LogP contribution in [0.2, 0.25) is 0 Å². The third kappa shape index (κ3) is 2.90. The van der Waals surface area contributed by atoms with Crippen LogP contribution >= 0.6 is 11.8 Å². The topological polar surface area (TPSA) is 72.7 Å². The second kappa shape index (κ2) is 6.45. The van der Waals surface area contributed by atoms with E-state index in [4.69, 9.17) is 0 Å². The van der Waals surface area contributed by atoms with Gasteiger partial charge in [0.05, 0.1) is 11.7 Å². The number of fused-ring (bicyclic) bond motifs is 1. The highest BCUT2D eigenvalue weighted by molar-refractivity contribution is 7.99. The number of amides is 1. The Labute approximate surface area is 143 Å². The highest BCUT2D eigenvalue weighted by atomic mass is 32.2. The standard InChI is InChI=1S/C17H15N5OS/c23-17(12-4-3-5-13(10-12)22-11-18-20-21-22)19-15-8-9-24-16-7-2-1-6-14(15)16/h1-7,10-11,15H,8-9H2,(H,19,23). The first-order valence-electron chi connectivity index (χ1n) is 7.67. The van der Waals surface area contributed by atoms with Crippen molar-refractivity contribution in [1.29, 1.82) is 0 Å². The van der Waals surface area contributed by atoms with E-state index in [-0.39, 0.29) is 11.9 Å². The first kappa shape index (κ1) is 14.9. The van der Waals surface area contributed by atoms with E-state index in [1.165, 1.54) is 21.5 Å². The van der Waals surface area contributed by atoms with Gasteiger partial charge in [-0.3, -0.25) is 4.79 Å². The Hall–Kier alpha value is -2.67. The van der Waals surface area contributed by atoms with E-state index in [2.05, 4.69) is 33.0 Å². The van der Waals surface area contributed by atoms with Crippen LogP contribution in [0.1, 0.15) is 28.4 Å². The van der Waals surface area contributed by atoms with Gasteiger partial charge >= 0.3 is 0 Å². The molecule has 1 atom stereocenters. The maximum Gasteiger partial charge on any atom is 0.251 e. The maximum atomic E-state index is 12.7. The van der Waals surface area contributed by atoms with Gasteiger partial charge in [-0.25, -0.2) is 4.68 Å². The number of tetrazole rings is 1. The average Bonchev–Trinajstić information content (AvgIpc) is 3.17. The van der Waals surface area contributed by atoms with E-state index in [9.17, 15) is 4.79 Å². The molecule has 1 aliphatic heterocycles. The molecule has 0 radical (unpaired) electrons. The summed E-state index contributed by atoms with van der Waals surface area (Å²) in [5, 5.41) is 14.2. The average molecular weight is 337 g/mol. The summed E-state index contributed by atoms with van der Waals surface area (Å²) in [4.78, 5) is 13.9. The fraction of sp³-hybridized carbons (Fsp3) is 0.176. The van der Waals surface area contributed by atoms with E-state index in [0.29, 0.717) is 5.56 Å². The third-order valence-electron chi connectivity index (χ3n) is 3.99. The van der Waals surface area contributed by atoms with Crippen LogP contribution in [0.15, 0.2) is 59.8 Å². The van der Waals surface area contributed by atoms with Crippen molar-refractivity contribution in [2.24, 2.45) is 0 Å². The first-order valence-corrected chi connectivity index (χ1v) is 8.66. The molecule has 2 heterocycles. The Kier molecular flexibility index (Phi) is 4.00. The van der Waals surface area contributed by atoms with Gasteiger partial charge in [0.2, 0.25) is 0 Å². The number of nitrogens with zero attached hydrogens (tertiary/aromatic N) is 4. The predicted molar refractivity (Wildman–Crippen MR) is 91.1 cm³/mol. The normalized spacial score (nSPS) is 16.4. The van der Waals surface area contributed by atoms with Crippen LogP contribution in [0.5, 0.6) is 0 Å². The Morgan fingerprint density at radius 1 is 1.21 bits per heavy atom.